The van der Waals surface area contributed by atoms with E-state index < -0.39 is 12.1 Å². The van der Waals surface area contributed by atoms with Gasteiger partial charge in [0.05, 0.1) is 11.7 Å². The number of hydrogen-bond donors (Lipinski definition) is 1. The molecule has 31 heavy (non-hydrogen) atoms. The van der Waals surface area contributed by atoms with Gasteiger partial charge >= 0.3 is 5.97 Å². The predicted octanol–water partition coefficient (Wildman–Crippen LogP) is 3.87. The largest absolute Gasteiger partial charge is 0.491 e. The Kier molecular flexibility index (Phi) is 5.67. The molecule has 0 aromatic heterocycles. The number of carbonyl (C=O) groups excluding carboxylic acids is 2. The second-order valence-corrected chi connectivity index (χ2v) is 10.2. The number of carbonyl (C=O) groups is 2. The molecule has 1 saturated heterocycles. The summed E-state index contributed by atoms with van der Waals surface area (Å²) in [5.41, 5.74) is 0.341. The summed E-state index contributed by atoms with van der Waals surface area (Å²) in [5, 5.41) is 3.29. The molecule has 6 heteroatoms. The van der Waals surface area contributed by atoms with Crippen molar-refractivity contribution in [2.45, 2.75) is 76.0 Å². The van der Waals surface area contributed by atoms with E-state index in [2.05, 4.69) is 5.32 Å². The molecule has 2 atom stereocenters. The second-order valence-electron chi connectivity index (χ2n) is 10.2. The molecule has 5 fully saturated rings. The normalized spacial score (nSPS) is 34.4. The first-order valence-corrected chi connectivity index (χ1v) is 11.9. The fourth-order valence-corrected chi connectivity index (χ4v) is 6.56. The molecule has 6 nitrogen and oxygen atoms in total. The summed E-state index contributed by atoms with van der Waals surface area (Å²) >= 11 is 0. The Hall–Kier alpha value is -2.08. The van der Waals surface area contributed by atoms with Gasteiger partial charge in [0.2, 0.25) is 0 Å². The highest BCUT2D eigenvalue weighted by molar-refractivity contribution is 5.92. The van der Waals surface area contributed by atoms with Crippen LogP contribution in [0.15, 0.2) is 24.3 Å². The molecule has 4 aliphatic carbocycles. The molecule has 1 aromatic rings. The summed E-state index contributed by atoms with van der Waals surface area (Å²) in [4.78, 5) is 25.4. The number of rotatable bonds is 7. The fraction of sp³-hybridized carbons (Fsp3) is 0.680. The molecule has 4 saturated carbocycles. The maximum absolute atomic E-state index is 12.8. The third kappa shape index (κ3) is 4.59. The Bertz CT molecular complexity index is 778. The average Bonchev–Trinajstić information content (AvgIpc) is 3.25. The Labute approximate surface area is 184 Å². The summed E-state index contributed by atoms with van der Waals surface area (Å²) in [6.07, 6.45) is 8.67. The lowest BCUT2D eigenvalue weighted by atomic mass is 9.53. The molecule has 1 aliphatic heterocycles. The van der Waals surface area contributed by atoms with Gasteiger partial charge in [-0.25, -0.2) is 4.79 Å². The van der Waals surface area contributed by atoms with Gasteiger partial charge < -0.3 is 19.5 Å². The summed E-state index contributed by atoms with van der Waals surface area (Å²) in [6.45, 7) is 2.98. The number of amides is 1. The van der Waals surface area contributed by atoms with Gasteiger partial charge in [-0.05, 0) is 100 Å². The molecule has 1 aromatic carbocycles. The molecule has 168 valence electrons. The standard InChI is InChI=1S/C25H33NO5/c1-16(23(27)26-25-12-17-9-18(13-25)11-19(10-17)14-25)31-24(28)20-4-6-21(7-5-20)30-15-22-3-2-8-29-22/h4-7,16-19,22H,2-3,8-15H2,1H3,(H,26,27)/t16-,17?,18?,19?,22+,25?/m1/s1. The van der Waals surface area contributed by atoms with Crippen molar-refractivity contribution in [2.75, 3.05) is 13.2 Å². The number of esters is 1. The fourth-order valence-electron chi connectivity index (χ4n) is 6.56. The third-order valence-corrected chi connectivity index (χ3v) is 7.63. The lowest BCUT2D eigenvalue weighted by Gasteiger charge is -2.57. The van der Waals surface area contributed by atoms with Crippen LogP contribution in [0.3, 0.4) is 0 Å². The van der Waals surface area contributed by atoms with Gasteiger partial charge in [-0.2, -0.15) is 0 Å². The summed E-state index contributed by atoms with van der Waals surface area (Å²) < 4.78 is 16.8. The number of ether oxygens (including phenoxy) is 3. The van der Waals surface area contributed by atoms with Crippen molar-refractivity contribution in [3.8, 4) is 5.75 Å². The Morgan fingerprint density at radius 1 is 1.10 bits per heavy atom. The van der Waals surface area contributed by atoms with Crippen LogP contribution in [0.2, 0.25) is 0 Å². The van der Waals surface area contributed by atoms with Crippen LogP contribution in [0.5, 0.6) is 5.75 Å². The molecule has 0 spiro atoms. The van der Waals surface area contributed by atoms with Crippen LogP contribution in [-0.4, -0.2) is 42.8 Å². The number of hydrogen-bond acceptors (Lipinski definition) is 5. The minimum atomic E-state index is -0.809. The quantitative estimate of drug-likeness (QED) is 0.669. The van der Waals surface area contributed by atoms with Crippen molar-refractivity contribution in [1.29, 1.82) is 0 Å². The molecule has 1 heterocycles. The van der Waals surface area contributed by atoms with Gasteiger partial charge in [-0.1, -0.05) is 0 Å². The lowest BCUT2D eigenvalue weighted by molar-refractivity contribution is -0.134. The molecular weight excluding hydrogens is 394 g/mol. The third-order valence-electron chi connectivity index (χ3n) is 7.63. The van der Waals surface area contributed by atoms with Crippen molar-refractivity contribution in [3.63, 3.8) is 0 Å². The van der Waals surface area contributed by atoms with Gasteiger partial charge in [0.15, 0.2) is 6.10 Å². The first-order chi connectivity index (χ1) is 15.0. The van der Waals surface area contributed by atoms with E-state index in [-0.39, 0.29) is 17.6 Å². The topological polar surface area (TPSA) is 73.9 Å². The van der Waals surface area contributed by atoms with E-state index in [4.69, 9.17) is 14.2 Å². The smallest absolute Gasteiger partial charge is 0.338 e. The highest BCUT2D eigenvalue weighted by Gasteiger charge is 2.51. The second kappa shape index (κ2) is 8.45. The molecular formula is C25H33NO5. The first-order valence-electron chi connectivity index (χ1n) is 11.9. The minimum absolute atomic E-state index is 0.0749. The Morgan fingerprint density at radius 3 is 2.32 bits per heavy atom. The van der Waals surface area contributed by atoms with Crippen LogP contribution >= 0.6 is 0 Å². The van der Waals surface area contributed by atoms with Crippen molar-refractivity contribution >= 4 is 11.9 Å². The summed E-state index contributed by atoms with van der Waals surface area (Å²) in [6, 6.07) is 6.87. The lowest BCUT2D eigenvalue weighted by Crippen LogP contribution is -2.61. The van der Waals surface area contributed by atoms with E-state index in [9.17, 15) is 9.59 Å². The molecule has 6 rings (SSSR count). The van der Waals surface area contributed by atoms with Crippen LogP contribution in [0.25, 0.3) is 0 Å². The summed E-state index contributed by atoms with van der Waals surface area (Å²) in [7, 11) is 0. The van der Waals surface area contributed by atoms with E-state index in [1.807, 2.05) is 0 Å². The van der Waals surface area contributed by atoms with Gasteiger partial charge in [0, 0.05) is 12.1 Å². The minimum Gasteiger partial charge on any atom is -0.491 e. The summed E-state index contributed by atoms with van der Waals surface area (Å²) in [5.74, 6) is 2.30. The molecule has 4 bridgehead atoms. The van der Waals surface area contributed by atoms with Gasteiger partial charge in [-0.3, -0.25) is 4.79 Å². The average molecular weight is 428 g/mol. The van der Waals surface area contributed by atoms with Gasteiger partial charge in [0.1, 0.15) is 12.4 Å². The van der Waals surface area contributed by atoms with Crippen molar-refractivity contribution in [3.05, 3.63) is 29.8 Å². The molecule has 1 N–H and O–H groups in total. The van der Waals surface area contributed by atoms with Crippen LogP contribution in [0, 0.1) is 17.8 Å². The van der Waals surface area contributed by atoms with Crippen molar-refractivity contribution < 1.29 is 23.8 Å². The SMILES string of the molecule is C[C@@H](OC(=O)c1ccc(OC[C@@H]2CCCO2)cc1)C(=O)NC12CC3CC(CC(C3)C1)C2. The number of benzene rings is 1. The zero-order chi connectivity index (χ0) is 21.4. The Balaban J connectivity index is 1.12. The van der Waals surface area contributed by atoms with E-state index in [0.29, 0.717) is 17.9 Å². The Morgan fingerprint density at radius 2 is 1.74 bits per heavy atom. The zero-order valence-electron chi connectivity index (χ0n) is 18.3. The van der Waals surface area contributed by atoms with E-state index in [1.165, 1.54) is 19.3 Å². The van der Waals surface area contributed by atoms with Crippen LogP contribution < -0.4 is 10.1 Å². The number of nitrogens with one attached hydrogen (secondary N) is 1. The van der Waals surface area contributed by atoms with Crippen molar-refractivity contribution in [1.82, 2.24) is 5.32 Å². The zero-order valence-corrected chi connectivity index (χ0v) is 18.3. The van der Waals surface area contributed by atoms with Crippen LogP contribution in [0.4, 0.5) is 0 Å². The van der Waals surface area contributed by atoms with Crippen molar-refractivity contribution in [2.24, 2.45) is 17.8 Å². The maximum Gasteiger partial charge on any atom is 0.338 e. The van der Waals surface area contributed by atoms with Gasteiger partial charge in [-0.15, -0.1) is 0 Å². The monoisotopic (exact) mass is 427 g/mol. The van der Waals surface area contributed by atoms with E-state index >= 15 is 0 Å². The maximum atomic E-state index is 12.8. The molecule has 1 amide bonds. The highest BCUT2D eigenvalue weighted by atomic mass is 16.5. The van der Waals surface area contributed by atoms with E-state index in [0.717, 1.165) is 56.5 Å². The highest BCUT2D eigenvalue weighted by Crippen LogP contribution is 2.55. The molecule has 0 unspecified atom stereocenters. The van der Waals surface area contributed by atoms with Crippen LogP contribution in [0.1, 0.15) is 68.6 Å². The van der Waals surface area contributed by atoms with Crippen LogP contribution in [-0.2, 0) is 14.3 Å². The molecule has 5 aliphatic rings. The molecule has 0 radical (unpaired) electrons. The first kappa shape index (κ1) is 20.8. The van der Waals surface area contributed by atoms with Gasteiger partial charge in [0.25, 0.3) is 5.91 Å². The predicted molar refractivity (Wildman–Crippen MR) is 115 cm³/mol. The van der Waals surface area contributed by atoms with E-state index in [1.54, 1.807) is 31.2 Å².